The summed E-state index contributed by atoms with van der Waals surface area (Å²) < 4.78 is 12.1. The SMILES string of the molecule is COC(=O)C1CCN(c2ccc(-n3ccc(OCc4ccccc4)cc3=O)cn2)C1. The number of anilines is 1. The molecule has 154 valence electrons. The monoisotopic (exact) mass is 405 g/mol. The second-order valence-corrected chi connectivity index (χ2v) is 7.17. The van der Waals surface area contributed by atoms with Crippen LogP contribution in [0.3, 0.4) is 0 Å². The minimum absolute atomic E-state index is 0.123. The van der Waals surface area contributed by atoms with Gasteiger partial charge in [-0.2, -0.15) is 0 Å². The minimum atomic E-state index is -0.193. The Labute approximate surface area is 174 Å². The van der Waals surface area contributed by atoms with Crippen LogP contribution in [0.15, 0.2) is 71.8 Å². The van der Waals surface area contributed by atoms with E-state index in [1.54, 1.807) is 18.5 Å². The van der Waals surface area contributed by atoms with E-state index in [1.165, 1.54) is 17.7 Å². The molecule has 0 radical (unpaired) electrons. The van der Waals surface area contributed by atoms with Crippen LogP contribution >= 0.6 is 0 Å². The lowest BCUT2D eigenvalue weighted by Gasteiger charge is -2.17. The molecule has 1 saturated heterocycles. The van der Waals surface area contributed by atoms with Crippen molar-refractivity contribution in [3.05, 3.63) is 82.9 Å². The van der Waals surface area contributed by atoms with E-state index in [9.17, 15) is 9.59 Å². The molecule has 0 saturated carbocycles. The normalized spacial score (nSPS) is 15.8. The van der Waals surface area contributed by atoms with Crippen LogP contribution < -0.4 is 15.2 Å². The highest BCUT2D eigenvalue weighted by atomic mass is 16.5. The number of methoxy groups -OCH3 is 1. The summed E-state index contributed by atoms with van der Waals surface area (Å²) in [6.45, 7) is 1.74. The van der Waals surface area contributed by atoms with Gasteiger partial charge in [0, 0.05) is 25.4 Å². The lowest BCUT2D eigenvalue weighted by Crippen LogP contribution is -2.24. The predicted octanol–water partition coefficient (Wildman–Crippen LogP) is 2.81. The Morgan fingerprint density at radius 2 is 2.00 bits per heavy atom. The Morgan fingerprint density at radius 3 is 2.70 bits per heavy atom. The van der Waals surface area contributed by atoms with E-state index in [4.69, 9.17) is 9.47 Å². The molecule has 3 aromatic rings. The number of pyridine rings is 2. The summed E-state index contributed by atoms with van der Waals surface area (Å²) in [5.74, 6) is 0.995. The number of esters is 1. The van der Waals surface area contributed by atoms with Crippen molar-refractivity contribution in [1.82, 2.24) is 9.55 Å². The van der Waals surface area contributed by atoms with Gasteiger partial charge in [0.05, 0.1) is 24.9 Å². The molecule has 0 bridgehead atoms. The van der Waals surface area contributed by atoms with Gasteiger partial charge in [0.25, 0.3) is 5.56 Å². The molecule has 4 rings (SSSR count). The molecule has 0 spiro atoms. The summed E-state index contributed by atoms with van der Waals surface area (Å²) >= 11 is 0. The van der Waals surface area contributed by atoms with Crippen LogP contribution in [-0.2, 0) is 16.1 Å². The zero-order chi connectivity index (χ0) is 20.9. The maximum atomic E-state index is 12.5. The van der Waals surface area contributed by atoms with Crippen LogP contribution in [-0.4, -0.2) is 35.7 Å². The number of hydrogen-bond donors (Lipinski definition) is 0. The highest BCUT2D eigenvalue weighted by molar-refractivity contribution is 5.74. The number of benzene rings is 1. The van der Waals surface area contributed by atoms with E-state index in [0.717, 1.165) is 24.3 Å². The smallest absolute Gasteiger partial charge is 0.310 e. The van der Waals surface area contributed by atoms with Gasteiger partial charge in [-0.15, -0.1) is 0 Å². The fourth-order valence-electron chi connectivity index (χ4n) is 3.54. The van der Waals surface area contributed by atoms with E-state index in [2.05, 4.69) is 9.88 Å². The Hall–Kier alpha value is -3.61. The second-order valence-electron chi connectivity index (χ2n) is 7.17. The van der Waals surface area contributed by atoms with Gasteiger partial charge in [0.2, 0.25) is 0 Å². The third-order valence-electron chi connectivity index (χ3n) is 5.20. The minimum Gasteiger partial charge on any atom is -0.489 e. The molecule has 30 heavy (non-hydrogen) atoms. The fraction of sp³-hybridized carbons (Fsp3) is 0.261. The largest absolute Gasteiger partial charge is 0.489 e. The summed E-state index contributed by atoms with van der Waals surface area (Å²) in [4.78, 5) is 30.8. The van der Waals surface area contributed by atoms with Gasteiger partial charge in [0.1, 0.15) is 18.2 Å². The summed E-state index contributed by atoms with van der Waals surface area (Å²) in [6, 6.07) is 16.7. The molecule has 1 aliphatic heterocycles. The summed E-state index contributed by atoms with van der Waals surface area (Å²) in [7, 11) is 1.41. The van der Waals surface area contributed by atoms with E-state index in [1.807, 2.05) is 42.5 Å². The number of carbonyl (C=O) groups excluding carboxylic acids is 1. The molecular weight excluding hydrogens is 382 g/mol. The molecule has 1 aliphatic rings. The maximum Gasteiger partial charge on any atom is 0.310 e. The highest BCUT2D eigenvalue weighted by Crippen LogP contribution is 2.23. The Morgan fingerprint density at radius 1 is 1.17 bits per heavy atom. The van der Waals surface area contributed by atoms with Gasteiger partial charge in [0.15, 0.2) is 0 Å². The zero-order valence-corrected chi connectivity index (χ0v) is 16.7. The summed E-state index contributed by atoms with van der Waals surface area (Å²) in [5, 5.41) is 0. The molecule has 3 heterocycles. The Kier molecular flexibility index (Phi) is 5.79. The summed E-state index contributed by atoms with van der Waals surface area (Å²) in [6.07, 6.45) is 4.09. The lowest BCUT2D eigenvalue weighted by molar-refractivity contribution is -0.144. The first-order valence-corrected chi connectivity index (χ1v) is 9.82. The van der Waals surface area contributed by atoms with Crippen molar-refractivity contribution in [2.45, 2.75) is 13.0 Å². The van der Waals surface area contributed by atoms with Gasteiger partial charge in [-0.05, 0) is 30.2 Å². The number of rotatable bonds is 6. The molecule has 7 nitrogen and oxygen atoms in total. The van der Waals surface area contributed by atoms with E-state index >= 15 is 0 Å². The zero-order valence-electron chi connectivity index (χ0n) is 16.7. The number of hydrogen-bond acceptors (Lipinski definition) is 6. The lowest BCUT2D eigenvalue weighted by atomic mass is 10.1. The molecule has 0 amide bonds. The van der Waals surface area contributed by atoms with Gasteiger partial charge in [-0.3, -0.25) is 14.2 Å². The van der Waals surface area contributed by atoms with Crippen molar-refractivity contribution in [2.75, 3.05) is 25.1 Å². The molecular formula is C23H23N3O4. The molecule has 1 aromatic carbocycles. The van der Waals surface area contributed by atoms with Crippen molar-refractivity contribution in [3.8, 4) is 11.4 Å². The standard InChI is InChI=1S/C23H23N3O4/c1-29-23(28)18-9-11-25(15-18)21-8-7-19(14-24-21)26-12-10-20(13-22(26)27)30-16-17-5-3-2-4-6-17/h2-8,10,12-14,18H,9,11,15-16H2,1H3. The van der Waals surface area contributed by atoms with Crippen molar-refractivity contribution in [1.29, 1.82) is 0 Å². The molecule has 1 atom stereocenters. The van der Waals surface area contributed by atoms with E-state index in [-0.39, 0.29) is 17.4 Å². The predicted molar refractivity (Wildman–Crippen MR) is 113 cm³/mol. The molecule has 0 N–H and O–H groups in total. The van der Waals surface area contributed by atoms with Crippen molar-refractivity contribution >= 4 is 11.8 Å². The fourth-order valence-corrected chi connectivity index (χ4v) is 3.54. The quantitative estimate of drug-likeness (QED) is 0.587. The highest BCUT2D eigenvalue weighted by Gasteiger charge is 2.29. The molecule has 0 aliphatic carbocycles. The number of carbonyl (C=O) groups is 1. The first-order chi connectivity index (χ1) is 14.6. The van der Waals surface area contributed by atoms with Crippen molar-refractivity contribution in [3.63, 3.8) is 0 Å². The average Bonchev–Trinajstić information content (AvgIpc) is 3.28. The van der Waals surface area contributed by atoms with Gasteiger partial charge >= 0.3 is 5.97 Å². The van der Waals surface area contributed by atoms with E-state index < -0.39 is 0 Å². The van der Waals surface area contributed by atoms with Crippen LogP contribution in [0, 0.1) is 5.92 Å². The topological polar surface area (TPSA) is 73.7 Å². The third kappa shape index (κ3) is 4.35. The number of aromatic nitrogens is 2. The molecule has 1 fully saturated rings. The third-order valence-corrected chi connectivity index (χ3v) is 5.20. The van der Waals surface area contributed by atoms with Gasteiger partial charge < -0.3 is 14.4 Å². The molecule has 2 aromatic heterocycles. The van der Waals surface area contributed by atoms with Crippen LogP contribution in [0.2, 0.25) is 0 Å². The van der Waals surface area contributed by atoms with Crippen LogP contribution in [0.4, 0.5) is 5.82 Å². The van der Waals surface area contributed by atoms with Crippen LogP contribution in [0.5, 0.6) is 5.75 Å². The van der Waals surface area contributed by atoms with Gasteiger partial charge in [-0.25, -0.2) is 4.98 Å². The number of nitrogens with zero attached hydrogens (tertiary/aromatic N) is 3. The van der Waals surface area contributed by atoms with Gasteiger partial charge in [-0.1, -0.05) is 30.3 Å². The Bertz CT molecular complexity index is 1060. The Balaban J connectivity index is 1.43. The van der Waals surface area contributed by atoms with E-state index in [0.29, 0.717) is 24.6 Å². The van der Waals surface area contributed by atoms with Crippen molar-refractivity contribution in [2.24, 2.45) is 5.92 Å². The number of ether oxygens (including phenoxy) is 2. The molecule has 1 unspecified atom stereocenters. The second kappa shape index (κ2) is 8.82. The first-order valence-electron chi connectivity index (χ1n) is 9.82. The average molecular weight is 405 g/mol. The van der Waals surface area contributed by atoms with Crippen LogP contribution in [0.1, 0.15) is 12.0 Å². The first kappa shape index (κ1) is 19.7. The van der Waals surface area contributed by atoms with Crippen LogP contribution in [0.25, 0.3) is 5.69 Å². The molecule has 7 heteroatoms. The van der Waals surface area contributed by atoms with Crippen molar-refractivity contribution < 1.29 is 14.3 Å². The maximum absolute atomic E-state index is 12.5. The summed E-state index contributed by atoms with van der Waals surface area (Å²) in [5.41, 5.74) is 1.52.